The van der Waals surface area contributed by atoms with Gasteiger partial charge in [-0.1, -0.05) is 12.1 Å². The number of carbonyl (C=O) groups excluding carboxylic acids is 2. The van der Waals surface area contributed by atoms with Gasteiger partial charge in [-0.3, -0.25) is 9.59 Å². The van der Waals surface area contributed by atoms with Gasteiger partial charge < -0.3 is 32.3 Å². The lowest BCUT2D eigenvalue weighted by Crippen LogP contribution is -2.21. The molecular weight excluding hydrogens is 416 g/mol. The van der Waals surface area contributed by atoms with Gasteiger partial charge in [-0.15, -0.1) is 0 Å². The molecule has 32 heavy (non-hydrogen) atoms. The van der Waals surface area contributed by atoms with Crippen molar-refractivity contribution in [2.24, 2.45) is 11.5 Å². The van der Waals surface area contributed by atoms with Crippen molar-refractivity contribution < 1.29 is 29.4 Å². The van der Waals surface area contributed by atoms with E-state index in [-0.39, 0.29) is 33.6 Å². The third-order valence-corrected chi connectivity index (χ3v) is 4.47. The van der Waals surface area contributed by atoms with E-state index in [4.69, 9.17) is 11.5 Å². The number of hydrogen-bond acceptors (Lipinski definition) is 6. The molecule has 3 aromatic carbocycles. The fraction of sp³-hybridized carbons (Fsp3) is 0. The monoisotopic (exact) mass is 434 g/mol. The molecule has 0 aliphatic carbocycles. The van der Waals surface area contributed by atoms with E-state index in [1.165, 1.54) is 48.5 Å². The Balaban J connectivity index is 2.12. The highest BCUT2D eigenvalue weighted by Gasteiger charge is 2.18. The standard InChI is InChI=1S/C22H18N4O6/c23-19(27)15-9-17(25-13-5-1-3-11(7-13)21(29)30)18(10-16(15)20(24)28)26-14-6-2-4-12(8-14)22(31)32/h1-10,25-26H,(H2,23,27)(H2,24,28)(H,29,30)(H,31,32). The van der Waals surface area contributed by atoms with Gasteiger partial charge in [-0.05, 0) is 48.5 Å². The molecule has 8 N–H and O–H groups in total. The largest absolute Gasteiger partial charge is 0.478 e. The van der Waals surface area contributed by atoms with Gasteiger partial charge in [0.05, 0.1) is 33.6 Å². The van der Waals surface area contributed by atoms with E-state index in [0.717, 1.165) is 0 Å². The molecule has 0 bridgehead atoms. The lowest BCUT2D eigenvalue weighted by Gasteiger charge is -2.17. The summed E-state index contributed by atoms with van der Waals surface area (Å²) in [7, 11) is 0. The predicted molar refractivity (Wildman–Crippen MR) is 117 cm³/mol. The molecule has 3 aromatic rings. The zero-order valence-electron chi connectivity index (χ0n) is 16.5. The summed E-state index contributed by atoms with van der Waals surface area (Å²) in [4.78, 5) is 46.3. The van der Waals surface area contributed by atoms with Crippen LogP contribution < -0.4 is 22.1 Å². The molecule has 0 heterocycles. The van der Waals surface area contributed by atoms with Gasteiger partial charge in [0.25, 0.3) is 0 Å². The van der Waals surface area contributed by atoms with Crippen LogP contribution in [0.4, 0.5) is 22.7 Å². The summed E-state index contributed by atoms with van der Waals surface area (Å²) in [6.45, 7) is 0. The highest BCUT2D eigenvalue weighted by Crippen LogP contribution is 2.32. The van der Waals surface area contributed by atoms with E-state index in [2.05, 4.69) is 10.6 Å². The predicted octanol–water partition coefficient (Wildman–Crippen LogP) is 2.77. The number of carboxylic acids is 2. The van der Waals surface area contributed by atoms with Crippen LogP contribution in [0.25, 0.3) is 0 Å². The number of benzene rings is 3. The number of carboxylic acid groups (broad SMARTS) is 2. The van der Waals surface area contributed by atoms with Crippen LogP contribution in [0, 0.1) is 0 Å². The fourth-order valence-electron chi connectivity index (χ4n) is 2.99. The average molecular weight is 434 g/mol. The van der Waals surface area contributed by atoms with E-state index in [1.807, 2.05) is 0 Å². The highest BCUT2D eigenvalue weighted by molar-refractivity contribution is 6.08. The van der Waals surface area contributed by atoms with Crippen LogP contribution in [-0.4, -0.2) is 34.0 Å². The van der Waals surface area contributed by atoms with Gasteiger partial charge in [0.2, 0.25) is 11.8 Å². The first-order chi connectivity index (χ1) is 15.2. The summed E-state index contributed by atoms with van der Waals surface area (Å²) >= 11 is 0. The number of aromatic carboxylic acids is 2. The van der Waals surface area contributed by atoms with Crippen molar-refractivity contribution in [3.05, 3.63) is 82.9 Å². The topological polar surface area (TPSA) is 185 Å². The molecule has 0 aliphatic rings. The van der Waals surface area contributed by atoms with Gasteiger partial charge in [-0.25, -0.2) is 9.59 Å². The summed E-state index contributed by atoms with van der Waals surface area (Å²) < 4.78 is 0. The number of carbonyl (C=O) groups is 4. The van der Waals surface area contributed by atoms with Crippen molar-refractivity contribution in [2.75, 3.05) is 10.6 Å². The summed E-state index contributed by atoms with van der Waals surface area (Å²) in [5.74, 6) is -4.03. The quantitative estimate of drug-likeness (QED) is 0.312. The number of hydrogen-bond donors (Lipinski definition) is 6. The molecule has 0 unspecified atom stereocenters. The minimum absolute atomic E-state index is 0.0301. The zero-order valence-corrected chi connectivity index (χ0v) is 16.5. The summed E-state index contributed by atoms with van der Waals surface area (Å²) in [5, 5.41) is 24.4. The molecular formula is C22H18N4O6. The smallest absolute Gasteiger partial charge is 0.335 e. The number of nitrogens with one attached hydrogen (secondary N) is 2. The Morgan fingerprint density at radius 3 is 1.31 bits per heavy atom. The molecule has 162 valence electrons. The number of anilines is 4. The van der Waals surface area contributed by atoms with Crippen LogP contribution in [0.5, 0.6) is 0 Å². The van der Waals surface area contributed by atoms with Crippen molar-refractivity contribution in [3.63, 3.8) is 0 Å². The first-order valence-corrected chi connectivity index (χ1v) is 9.14. The Morgan fingerprint density at radius 2 is 1.00 bits per heavy atom. The maximum Gasteiger partial charge on any atom is 0.335 e. The first-order valence-electron chi connectivity index (χ1n) is 9.14. The normalized spacial score (nSPS) is 10.2. The van der Waals surface area contributed by atoms with Gasteiger partial charge in [0.15, 0.2) is 0 Å². The Labute approximate surface area is 181 Å². The second kappa shape index (κ2) is 8.88. The lowest BCUT2D eigenvalue weighted by atomic mass is 10.0. The maximum absolute atomic E-state index is 11.9. The molecule has 0 spiro atoms. The third kappa shape index (κ3) is 4.82. The Bertz CT molecular complexity index is 1160. The molecule has 0 aromatic heterocycles. The number of primary amides is 2. The van der Waals surface area contributed by atoms with Crippen molar-refractivity contribution in [3.8, 4) is 0 Å². The Kier molecular flexibility index (Phi) is 6.06. The van der Waals surface area contributed by atoms with Gasteiger partial charge in [0, 0.05) is 11.4 Å². The lowest BCUT2D eigenvalue weighted by molar-refractivity contribution is 0.0686. The van der Waals surface area contributed by atoms with E-state index < -0.39 is 23.8 Å². The minimum atomic E-state index is -1.13. The number of rotatable bonds is 8. The summed E-state index contributed by atoms with van der Waals surface area (Å²) in [6, 6.07) is 14.5. The molecule has 2 amide bonds. The van der Waals surface area contributed by atoms with E-state index in [1.54, 1.807) is 12.1 Å². The summed E-state index contributed by atoms with van der Waals surface area (Å²) in [6.07, 6.45) is 0. The van der Waals surface area contributed by atoms with Crippen molar-refractivity contribution in [2.45, 2.75) is 0 Å². The molecule has 10 heteroatoms. The molecule has 0 radical (unpaired) electrons. The van der Waals surface area contributed by atoms with Gasteiger partial charge in [0.1, 0.15) is 0 Å². The Hall–Kier alpha value is -4.86. The first kappa shape index (κ1) is 21.8. The second-order valence-electron chi connectivity index (χ2n) is 6.69. The third-order valence-electron chi connectivity index (χ3n) is 4.47. The van der Waals surface area contributed by atoms with E-state index >= 15 is 0 Å². The van der Waals surface area contributed by atoms with Crippen molar-refractivity contribution in [1.29, 1.82) is 0 Å². The van der Waals surface area contributed by atoms with Crippen molar-refractivity contribution in [1.82, 2.24) is 0 Å². The molecule has 3 rings (SSSR count). The minimum Gasteiger partial charge on any atom is -0.478 e. The molecule has 10 nitrogen and oxygen atoms in total. The van der Waals surface area contributed by atoms with Crippen LogP contribution in [0.15, 0.2) is 60.7 Å². The second-order valence-corrected chi connectivity index (χ2v) is 6.69. The fourth-order valence-corrected chi connectivity index (χ4v) is 2.99. The highest BCUT2D eigenvalue weighted by atomic mass is 16.4. The summed E-state index contributed by atoms with van der Waals surface area (Å²) in [5.41, 5.74) is 11.9. The van der Waals surface area contributed by atoms with Crippen LogP contribution in [-0.2, 0) is 0 Å². The van der Waals surface area contributed by atoms with Gasteiger partial charge >= 0.3 is 11.9 Å². The van der Waals surface area contributed by atoms with Crippen LogP contribution >= 0.6 is 0 Å². The molecule has 0 saturated heterocycles. The average Bonchev–Trinajstić information content (AvgIpc) is 2.74. The van der Waals surface area contributed by atoms with E-state index in [9.17, 15) is 29.4 Å². The Morgan fingerprint density at radius 1 is 0.625 bits per heavy atom. The molecule has 0 atom stereocenters. The van der Waals surface area contributed by atoms with Crippen molar-refractivity contribution >= 4 is 46.5 Å². The van der Waals surface area contributed by atoms with E-state index in [0.29, 0.717) is 11.4 Å². The maximum atomic E-state index is 11.9. The molecule has 0 saturated carbocycles. The van der Waals surface area contributed by atoms with Crippen LogP contribution in [0.2, 0.25) is 0 Å². The zero-order chi connectivity index (χ0) is 23.4. The number of nitrogens with two attached hydrogens (primary N) is 2. The van der Waals surface area contributed by atoms with Gasteiger partial charge in [-0.2, -0.15) is 0 Å². The van der Waals surface area contributed by atoms with Crippen LogP contribution in [0.3, 0.4) is 0 Å². The number of amides is 2. The molecule has 0 aliphatic heterocycles. The molecule has 0 fully saturated rings. The SMILES string of the molecule is NC(=O)c1cc(Nc2cccc(C(=O)O)c2)c(Nc2cccc(C(=O)O)c2)cc1C(N)=O. The van der Waals surface area contributed by atoms with Crippen LogP contribution in [0.1, 0.15) is 41.4 Å².